The van der Waals surface area contributed by atoms with Crippen molar-refractivity contribution in [3.8, 4) is 6.07 Å². The van der Waals surface area contributed by atoms with Crippen molar-refractivity contribution in [2.45, 2.75) is 31.8 Å². The predicted molar refractivity (Wildman–Crippen MR) is 113 cm³/mol. The van der Waals surface area contributed by atoms with Crippen molar-refractivity contribution in [2.75, 3.05) is 18.4 Å². The van der Waals surface area contributed by atoms with E-state index in [-0.39, 0.29) is 23.9 Å². The molecule has 0 bridgehead atoms. The molecule has 0 aliphatic carbocycles. The highest BCUT2D eigenvalue weighted by molar-refractivity contribution is 6.32. The highest BCUT2D eigenvalue weighted by atomic mass is 35.5. The molecule has 3 rings (SSSR count). The van der Waals surface area contributed by atoms with Crippen molar-refractivity contribution < 1.29 is 9.59 Å². The van der Waals surface area contributed by atoms with Gasteiger partial charge in [0.05, 0.1) is 16.6 Å². The highest BCUT2D eigenvalue weighted by Gasteiger charge is 2.27. The SMILES string of the molecule is CC(C(=O)Nc1ccc(C#N)c(Cl)c1)N1CCC(NC(=O)c2ccccc2)CC1. The molecule has 1 saturated heterocycles. The summed E-state index contributed by atoms with van der Waals surface area (Å²) in [6.07, 6.45) is 1.58. The van der Waals surface area contributed by atoms with Crippen LogP contribution in [0.4, 0.5) is 5.69 Å². The molecular weight excluding hydrogens is 388 g/mol. The first-order valence-electron chi connectivity index (χ1n) is 9.58. The monoisotopic (exact) mass is 410 g/mol. The number of likely N-dealkylation sites (tertiary alicyclic amines) is 1. The van der Waals surface area contributed by atoms with E-state index >= 15 is 0 Å². The van der Waals surface area contributed by atoms with Crippen LogP contribution in [0, 0.1) is 11.3 Å². The van der Waals surface area contributed by atoms with E-state index in [0.717, 1.165) is 25.9 Å². The Labute approximate surface area is 175 Å². The summed E-state index contributed by atoms with van der Waals surface area (Å²) in [5.41, 5.74) is 1.59. The van der Waals surface area contributed by atoms with Crippen molar-refractivity contribution >= 4 is 29.1 Å². The standard InChI is InChI=1S/C22H23ClN4O2/c1-15(21(28)26-19-8-7-17(14-24)20(23)13-19)27-11-9-18(10-12-27)25-22(29)16-5-3-2-4-6-16/h2-8,13,15,18H,9-12H2,1H3,(H,25,29)(H,26,28). The summed E-state index contributed by atoms with van der Waals surface area (Å²) < 4.78 is 0. The van der Waals surface area contributed by atoms with Gasteiger partial charge in [0, 0.05) is 30.4 Å². The normalized spacial score (nSPS) is 15.9. The lowest BCUT2D eigenvalue weighted by Gasteiger charge is -2.35. The van der Waals surface area contributed by atoms with Gasteiger partial charge in [0.1, 0.15) is 6.07 Å². The Bertz CT molecular complexity index is 918. The van der Waals surface area contributed by atoms with E-state index in [4.69, 9.17) is 16.9 Å². The van der Waals surface area contributed by atoms with E-state index in [1.54, 1.807) is 30.3 Å². The third-order valence-corrected chi connectivity index (χ3v) is 5.50. The first-order chi connectivity index (χ1) is 14.0. The average molecular weight is 411 g/mol. The van der Waals surface area contributed by atoms with Crippen LogP contribution in [-0.4, -0.2) is 41.9 Å². The fourth-order valence-corrected chi connectivity index (χ4v) is 3.61. The van der Waals surface area contributed by atoms with Gasteiger partial charge in [0.25, 0.3) is 5.91 Å². The average Bonchev–Trinajstić information content (AvgIpc) is 2.74. The van der Waals surface area contributed by atoms with E-state index in [9.17, 15) is 9.59 Å². The maximum Gasteiger partial charge on any atom is 0.251 e. The zero-order valence-electron chi connectivity index (χ0n) is 16.2. The van der Waals surface area contributed by atoms with Gasteiger partial charge in [-0.15, -0.1) is 0 Å². The third kappa shape index (κ3) is 5.35. The minimum Gasteiger partial charge on any atom is -0.349 e. The summed E-state index contributed by atoms with van der Waals surface area (Å²) in [5.74, 6) is -0.190. The Kier molecular flexibility index (Phi) is 6.86. The second-order valence-corrected chi connectivity index (χ2v) is 7.53. The molecule has 1 aliphatic heterocycles. The molecule has 0 saturated carbocycles. The zero-order valence-corrected chi connectivity index (χ0v) is 16.9. The van der Waals surface area contributed by atoms with Gasteiger partial charge < -0.3 is 10.6 Å². The highest BCUT2D eigenvalue weighted by Crippen LogP contribution is 2.21. The molecule has 1 aliphatic rings. The van der Waals surface area contributed by atoms with E-state index < -0.39 is 0 Å². The summed E-state index contributed by atoms with van der Waals surface area (Å²) in [6.45, 7) is 3.31. The van der Waals surface area contributed by atoms with Crippen LogP contribution in [0.1, 0.15) is 35.7 Å². The minimum atomic E-state index is -0.310. The van der Waals surface area contributed by atoms with Crippen LogP contribution >= 0.6 is 11.6 Å². The number of carbonyl (C=O) groups excluding carboxylic acids is 2. The van der Waals surface area contributed by atoms with Crippen LogP contribution in [0.2, 0.25) is 5.02 Å². The van der Waals surface area contributed by atoms with E-state index in [0.29, 0.717) is 21.8 Å². The molecule has 2 aromatic carbocycles. The molecule has 150 valence electrons. The molecule has 2 N–H and O–H groups in total. The largest absolute Gasteiger partial charge is 0.349 e. The molecule has 0 spiro atoms. The number of benzene rings is 2. The number of nitrogens with zero attached hydrogens (tertiary/aromatic N) is 2. The van der Waals surface area contributed by atoms with Crippen LogP contribution in [0.5, 0.6) is 0 Å². The van der Waals surface area contributed by atoms with Gasteiger partial charge in [-0.3, -0.25) is 14.5 Å². The molecule has 29 heavy (non-hydrogen) atoms. The molecule has 1 fully saturated rings. The van der Waals surface area contributed by atoms with Gasteiger partial charge in [-0.1, -0.05) is 29.8 Å². The second-order valence-electron chi connectivity index (χ2n) is 7.12. The quantitative estimate of drug-likeness (QED) is 0.790. The number of carbonyl (C=O) groups is 2. The molecule has 2 amide bonds. The second kappa shape index (κ2) is 9.55. The number of hydrogen-bond acceptors (Lipinski definition) is 4. The third-order valence-electron chi connectivity index (χ3n) is 5.18. The fourth-order valence-electron chi connectivity index (χ4n) is 3.39. The molecule has 1 heterocycles. The maximum absolute atomic E-state index is 12.6. The molecule has 1 atom stereocenters. The van der Waals surface area contributed by atoms with Gasteiger partial charge in [0.2, 0.25) is 5.91 Å². The van der Waals surface area contributed by atoms with E-state index in [1.165, 1.54) is 0 Å². The summed E-state index contributed by atoms with van der Waals surface area (Å²) >= 11 is 6.02. The number of nitrogens with one attached hydrogen (secondary N) is 2. The molecular formula is C22H23ClN4O2. The Hall–Kier alpha value is -2.88. The van der Waals surface area contributed by atoms with Crippen molar-refractivity contribution in [3.63, 3.8) is 0 Å². The first-order valence-corrected chi connectivity index (χ1v) is 9.96. The summed E-state index contributed by atoms with van der Waals surface area (Å²) in [4.78, 5) is 27.0. The van der Waals surface area contributed by atoms with Crippen molar-refractivity contribution in [1.82, 2.24) is 10.2 Å². The Balaban J connectivity index is 1.50. The fraction of sp³-hybridized carbons (Fsp3) is 0.318. The van der Waals surface area contributed by atoms with Crippen molar-refractivity contribution in [2.24, 2.45) is 0 Å². The van der Waals surface area contributed by atoms with Gasteiger partial charge in [0.15, 0.2) is 0 Å². The van der Waals surface area contributed by atoms with Crippen LogP contribution < -0.4 is 10.6 Å². The summed E-state index contributed by atoms with van der Waals surface area (Å²) in [5, 5.41) is 15.2. The van der Waals surface area contributed by atoms with E-state index in [2.05, 4.69) is 15.5 Å². The number of anilines is 1. The van der Waals surface area contributed by atoms with Gasteiger partial charge in [-0.2, -0.15) is 5.26 Å². The van der Waals surface area contributed by atoms with Crippen molar-refractivity contribution in [3.05, 3.63) is 64.7 Å². The lowest BCUT2D eigenvalue weighted by atomic mass is 10.0. The Morgan fingerprint density at radius 1 is 1.17 bits per heavy atom. The molecule has 7 heteroatoms. The lowest BCUT2D eigenvalue weighted by Crippen LogP contribution is -2.50. The molecule has 2 aromatic rings. The van der Waals surface area contributed by atoms with Crippen LogP contribution in [0.25, 0.3) is 0 Å². The molecule has 6 nitrogen and oxygen atoms in total. The van der Waals surface area contributed by atoms with Crippen molar-refractivity contribution in [1.29, 1.82) is 5.26 Å². The number of halogens is 1. The first kappa shape index (κ1) is 20.8. The number of hydrogen-bond donors (Lipinski definition) is 2. The number of rotatable bonds is 5. The van der Waals surface area contributed by atoms with Gasteiger partial charge in [-0.25, -0.2) is 0 Å². The lowest BCUT2D eigenvalue weighted by molar-refractivity contribution is -0.121. The van der Waals surface area contributed by atoms with Gasteiger partial charge in [-0.05, 0) is 50.1 Å². The molecule has 1 unspecified atom stereocenters. The zero-order chi connectivity index (χ0) is 20.8. The number of nitriles is 1. The Morgan fingerprint density at radius 2 is 1.86 bits per heavy atom. The number of amides is 2. The van der Waals surface area contributed by atoms with E-state index in [1.807, 2.05) is 31.2 Å². The Morgan fingerprint density at radius 3 is 2.48 bits per heavy atom. The number of piperidine rings is 1. The maximum atomic E-state index is 12.6. The summed E-state index contributed by atoms with van der Waals surface area (Å²) in [7, 11) is 0. The van der Waals surface area contributed by atoms with Crippen LogP contribution in [-0.2, 0) is 4.79 Å². The smallest absolute Gasteiger partial charge is 0.251 e. The van der Waals surface area contributed by atoms with Gasteiger partial charge >= 0.3 is 0 Å². The molecule has 0 aromatic heterocycles. The van der Waals surface area contributed by atoms with Crippen LogP contribution in [0.3, 0.4) is 0 Å². The minimum absolute atomic E-state index is 0.0625. The summed E-state index contributed by atoms with van der Waals surface area (Å²) in [6, 6.07) is 15.8. The van der Waals surface area contributed by atoms with Crippen LogP contribution in [0.15, 0.2) is 48.5 Å². The predicted octanol–water partition coefficient (Wildman–Crippen LogP) is 3.43. The topological polar surface area (TPSA) is 85.2 Å². The molecule has 0 radical (unpaired) electrons.